The van der Waals surface area contributed by atoms with Gasteiger partial charge in [-0.15, -0.1) is 10.2 Å². The topological polar surface area (TPSA) is 73.0 Å². The van der Waals surface area contributed by atoms with E-state index in [0.29, 0.717) is 43.8 Å². The second-order valence-electron chi connectivity index (χ2n) is 7.36. The molecule has 0 saturated heterocycles. The molecule has 0 atom stereocenters. The first-order valence-electron chi connectivity index (χ1n) is 9.87. The fraction of sp³-hybridized carbons (Fsp3) is 0.0417. The van der Waals surface area contributed by atoms with Gasteiger partial charge in [-0.2, -0.15) is 4.80 Å². The van der Waals surface area contributed by atoms with Crippen molar-refractivity contribution in [3.63, 3.8) is 0 Å². The van der Waals surface area contributed by atoms with E-state index < -0.39 is 5.91 Å². The van der Waals surface area contributed by atoms with Gasteiger partial charge >= 0.3 is 0 Å². The van der Waals surface area contributed by atoms with Crippen LogP contribution in [0.3, 0.4) is 0 Å². The van der Waals surface area contributed by atoms with E-state index in [0.717, 1.165) is 5.56 Å². The first kappa shape index (κ1) is 21.2. The number of benzene rings is 3. The van der Waals surface area contributed by atoms with Crippen LogP contribution in [0.25, 0.3) is 28.0 Å². The Bertz CT molecular complexity index is 1510. The van der Waals surface area contributed by atoms with E-state index in [1.807, 2.05) is 13.0 Å². The van der Waals surface area contributed by atoms with E-state index >= 15 is 0 Å². The number of fused-ring (bicyclic) bond motifs is 1. The third-order valence-electron chi connectivity index (χ3n) is 5.06. The Labute approximate surface area is 197 Å². The normalized spacial score (nSPS) is 11.2. The largest absolute Gasteiger partial charge is 0.451 e. The lowest BCUT2D eigenvalue weighted by molar-refractivity contribution is 0.0997. The predicted molar refractivity (Wildman–Crippen MR) is 126 cm³/mol. The van der Waals surface area contributed by atoms with Crippen LogP contribution in [0.15, 0.2) is 71.1 Å². The Hall–Kier alpha value is -3.68. The molecule has 0 saturated carbocycles. The molecule has 1 amide bonds. The Morgan fingerprint density at radius 1 is 0.970 bits per heavy atom. The minimum atomic E-state index is -0.417. The highest BCUT2D eigenvalue weighted by Crippen LogP contribution is 2.32. The summed E-state index contributed by atoms with van der Waals surface area (Å²) >= 11 is 12.2. The van der Waals surface area contributed by atoms with Crippen LogP contribution < -0.4 is 5.32 Å². The summed E-state index contributed by atoms with van der Waals surface area (Å²) in [5, 5.41) is 12.7. The molecule has 2 aromatic heterocycles. The minimum absolute atomic E-state index is 0.130. The molecule has 0 aliphatic heterocycles. The van der Waals surface area contributed by atoms with Gasteiger partial charge in [0, 0.05) is 16.3 Å². The summed E-state index contributed by atoms with van der Waals surface area (Å²) in [6.45, 7) is 1.85. The Kier molecular flexibility index (Phi) is 5.36. The van der Waals surface area contributed by atoms with Gasteiger partial charge in [0.25, 0.3) is 5.91 Å². The van der Waals surface area contributed by atoms with Crippen molar-refractivity contribution >= 4 is 45.8 Å². The number of furan rings is 1. The molecule has 1 N–H and O–H groups in total. The van der Waals surface area contributed by atoms with Crippen LogP contribution in [-0.4, -0.2) is 20.9 Å². The molecule has 0 fully saturated rings. The van der Waals surface area contributed by atoms with Gasteiger partial charge in [-0.1, -0.05) is 23.2 Å². The monoisotopic (exact) mass is 480 g/mol. The number of nitrogens with zero attached hydrogens (tertiary/aromatic N) is 3. The third-order valence-corrected chi connectivity index (χ3v) is 5.61. The van der Waals surface area contributed by atoms with Crippen molar-refractivity contribution in [2.45, 2.75) is 6.92 Å². The van der Waals surface area contributed by atoms with E-state index in [1.165, 1.54) is 16.9 Å². The summed E-state index contributed by atoms with van der Waals surface area (Å²) < 4.78 is 18.9. The molecule has 9 heteroatoms. The predicted octanol–water partition coefficient (Wildman–Crippen LogP) is 6.69. The number of nitrogens with one attached hydrogen (secondary N) is 1. The van der Waals surface area contributed by atoms with Crippen LogP contribution in [0.2, 0.25) is 10.0 Å². The van der Waals surface area contributed by atoms with E-state index in [1.54, 1.807) is 48.5 Å². The van der Waals surface area contributed by atoms with E-state index in [2.05, 4.69) is 15.5 Å². The Balaban J connectivity index is 1.40. The van der Waals surface area contributed by atoms with Crippen LogP contribution in [0, 0.1) is 12.7 Å². The highest BCUT2D eigenvalue weighted by molar-refractivity contribution is 6.36. The van der Waals surface area contributed by atoms with Crippen LogP contribution in [-0.2, 0) is 0 Å². The number of hydrogen-bond acceptors (Lipinski definition) is 4. The molecular weight excluding hydrogens is 466 g/mol. The molecule has 0 spiro atoms. The molecule has 2 heterocycles. The van der Waals surface area contributed by atoms with E-state index in [9.17, 15) is 9.18 Å². The maximum absolute atomic E-state index is 13.2. The molecule has 0 unspecified atom stereocenters. The number of amides is 1. The number of aryl methyl sites for hydroxylation is 1. The summed E-state index contributed by atoms with van der Waals surface area (Å²) in [6, 6.07) is 17.7. The Morgan fingerprint density at radius 2 is 1.70 bits per heavy atom. The SMILES string of the molecule is Cc1cc2nn(-c3ccc(F)cc3)nc2cc1NC(=O)c1ccc(-c2ccc(Cl)cc2Cl)o1. The van der Waals surface area contributed by atoms with Gasteiger partial charge in [-0.3, -0.25) is 4.79 Å². The van der Waals surface area contributed by atoms with Crippen molar-refractivity contribution in [3.8, 4) is 17.0 Å². The minimum Gasteiger partial charge on any atom is -0.451 e. The fourth-order valence-corrected chi connectivity index (χ4v) is 3.87. The van der Waals surface area contributed by atoms with Crippen LogP contribution >= 0.6 is 23.2 Å². The molecule has 33 heavy (non-hydrogen) atoms. The van der Waals surface area contributed by atoms with Crippen molar-refractivity contribution in [2.24, 2.45) is 0 Å². The number of anilines is 1. The average Bonchev–Trinajstić information content (AvgIpc) is 3.42. The van der Waals surface area contributed by atoms with Gasteiger partial charge in [0.15, 0.2) is 5.76 Å². The number of carbonyl (C=O) groups is 1. The molecule has 6 nitrogen and oxygen atoms in total. The third kappa shape index (κ3) is 4.20. The number of hydrogen-bond donors (Lipinski definition) is 1. The quantitative estimate of drug-likeness (QED) is 0.311. The van der Waals surface area contributed by atoms with Crippen LogP contribution in [0.5, 0.6) is 0 Å². The van der Waals surface area contributed by atoms with Crippen molar-refractivity contribution in [3.05, 3.63) is 93.9 Å². The van der Waals surface area contributed by atoms with Gasteiger partial charge in [0.05, 0.1) is 10.7 Å². The lowest BCUT2D eigenvalue weighted by Gasteiger charge is -2.07. The van der Waals surface area contributed by atoms with Crippen molar-refractivity contribution in [1.82, 2.24) is 15.0 Å². The van der Waals surface area contributed by atoms with Gasteiger partial charge in [-0.05, 0) is 79.2 Å². The smallest absolute Gasteiger partial charge is 0.291 e. The molecular formula is C24H15Cl2FN4O2. The lowest BCUT2D eigenvalue weighted by atomic mass is 10.1. The number of halogens is 3. The number of aromatic nitrogens is 3. The van der Waals surface area contributed by atoms with Gasteiger partial charge in [0.1, 0.15) is 22.6 Å². The molecule has 0 radical (unpaired) electrons. The summed E-state index contributed by atoms with van der Waals surface area (Å²) in [4.78, 5) is 14.2. The zero-order chi connectivity index (χ0) is 23.1. The second kappa shape index (κ2) is 8.35. The molecule has 0 bridgehead atoms. The van der Waals surface area contributed by atoms with Crippen LogP contribution in [0.1, 0.15) is 16.1 Å². The molecule has 3 aromatic carbocycles. The fourth-order valence-electron chi connectivity index (χ4n) is 3.37. The van der Waals surface area contributed by atoms with Gasteiger partial charge in [0.2, 0.25) is 0 Å². The standard InChI is InChI=1S/C24H15Cl2FN4O2/c1-13-10-20-21(30-31(29-20)16-5-3-15(27)4-6-16)12-19(13)28-24(32)23-9-8-22(33-23)17-7-2-14(25)11-18(17)26/h2-12H,1H3,(H,28,32). The maximum Gasteiger partial charge on any atom is 0.291 e. The molecule has 5 rings (SSSR count). The molecule has 0 aliphatic rings. The zero-order valence-corrected chi connectivity index (χ0v) is 18.7. The van der Waals surface area contributed by atoms with Crippen LogP contribution in [0.4, 0.5) is 10.1 Å². The highest BCUT2D eigenvalue weighted by atomic mass is 35.5. The van der Waals surface area contributed by atoms with Gasteiger partial charge < -0.3 is 9.73 Å². The zero-order valence-electron chi connectivity index (χ0n) is 17.1. The Morgan fingerprint density at radius 3 is 2.42 bits per heavy atom. The van der Waals surface area contributed by atoms with Gasteiger partial charge in [-0.25, -0.2) is 4.39 Å². The summed E-state index contributed by atoms with van der Waals surface area (Å²) in [5.74, 6) is -0.169. The summed E-state index contributed by atoms with van der Waals surface area (Å²) in [7, 11) is 0. The van der Waals surface area contributed by atoms with E-state index in [-0.39, 0.29) is 11.6 Å². The van der Waals surface area contributed by atoms with Crippen molar-refractivity contribution < 1.29 is 13.6 Å². The van der Waals surface area contributed by atoms with Crippen molar-refractivity contribution in [1.29, 1.82) is 0 Å². The number of rotatable bonds is 4. The van der Waals surface area contributed by atoms with E-state index in [4.69, 9.17) is 27.6 Å². The first-order valence-corrected chi connectivity index (χ1v) is 10.6. The summed E-state index contributed by atoms with van der Waals surface area (Å²) in [6.07, 6.45) is 0. The average molecular weight is 481 g/mol. The highest BCUT2D eigenvalue weighted by Gasteiger charge is 2.16. The molecule has 5 aromatic rings. The first-order chi connectivity index (χ1) is 15.9. The summed E-state index contributed by atoms with van der Waals surface area (Å²) in [5.41, 5.74) is 3.85. The second-order valence-corrected chi connectivity index (χ2v) is 8.21. The van der Waals surface area contributed by atoms with Crippen molar-refractivity contribution in [2.75, 3.05) is 5.32 Å². The molecule has 164 valence electrons. The molecule has 0 aliphatic carbocycles. The lowest BCUT2D eigenvalue weighted by Crippen LogP contribution is -2.11. The number of carbonyl (C=O) groups excluding carboxylic acids is 1. The maximum atomic E-state index is 13.2.